The number of rotatable bonds is 6. The normalized spacial score (nSPS) is 17.0. The van der Waals surface area contributed by atoms with E-state index in [1.54, 1.807) is 12.4 Å². The van der Waals surface area contributed by atoms with Gasteiger partial charge in [-0.1, -0.05) is 24.3 Å². The number of ether oxygens (including phenoxy) is 2. The second kappa shape index (κ2) is 9.58. The van der Waals surface area contributed by atoms with Crippen LogP contribution in [0.2, 0.25) is 0 Å². The minimum absolute atomic E-state index is 0.0394. The molecule has 1 aliphatic heterocycles. The Morgan fingerprint density at radius 1 is 1.34 bits per heavy atom. The van der Waals surface area contributed by atoms with Gasteiger partial charge in [-0.15, -0.1) is 0 Å². The van der Waals surface area contributed by atoms with E-state index in [2.05, 4.69) is 21.0 Å². The van der Waals surface area contributed by atoms with Crippen molar-refractivity contribution in [1.29, 1.82) is 5.26 Å². The number of urea groups is 1. The Bertz CT molecular complexity index is 1140. The van der Waals surface area contributed by atoms with Crippen LogP contribution in [-0.4, -0.2) is 58.3 Å². The van der Waals surface area contributed by atoms with E-state index in [-0.39, 0.29) is 18.6 Å². The summed E-state index contributed by atoms with van der Waals surface area (Å²) in [5.41, 5.74) is 9.31. The van der Waals surface area contributed by atoms with E-state index < -0.39 is 6.03 Å². The Hall–Kier alpha value is -3.77. The average molecular weight is 432 g/mol. The monoisotopic (exact) mass is 432 g/mol. The zero-order chi connectivity index (χ0) is 22.5. The number of nitrogens with two attached hydrogens (primary N) is 1. The molecule has 9 heteroatoms. The van der Waals surface area contributed by atoms with Crippen LogP contribution in [0.5, 0.6) is 5.88 Å². The SMILES string of the molecule is C[C@@H](C#N)Cc1ccc(-c2cc3nccnc3c(OC[C@@H]3CN(C(N)=O)CCO3)n2)cc1. The summed E-state index contributed by atoms with van der Waals surface area (Å²) >= 11 is 0. The van der Waals surface area contributed by atoms with E-state index in [0.29, 0.717) is 48.7 Å². The van der Waals surface area contributed by atoms with Crippen LogP contribution in [0, 0.1) is 17.2 Å². The third-order valence-electron chi connectivity index (χ3n) is 5.29. The molecule has 2 N–H and O–H groups in total. The fourth-order valence-corrected chi connectivity index (χ4v) is 3.59. The first-order valence-electron chi connectivity index (χ1n) is 10.4. The highest BCUT2D eigenvalue weighted by molar-refractivity contribution is 5.83. The van der Waals surface area contributed by atoms with Crippen molar-refractivity contribution in [3.8, 4) is 23.2 Å². The third-order valence-corrected chi connectivity index (χ3v) is 5.29. The lowest BCUT2D eigenvalue weighted by atomic mass is 10.0. The maximum Gasteiger partial charge on any atom is 0.314 e. The summed E-state index contributed by atoms with van der Waals surface area (Å²) in [5, 5.41) is 9.02. The number of fused-ring (bicyclic) bond motifs is 1. The van der Waals surface area contributed by atoms with E-state index in [1.165, 1.54) is 4.90 Å². The number of nitriles is 1. The molecule has 0 spiro atoms. The number of aromatic nitrogens is 3. The number of amides is 2. The lowest BCUT2D eigenvalue weighted by molar-refractivity contribution is -0.0346. The highest BCUT2D eigenvalue weighted by Crippen LogP contribution is 2.27. The minimum atomic E-state index is -0.470. The van der Waals surface area contributed by atoms with E-state index in [4.69, 9.17) is 20.5 Å². The molecule has 2 atom stereocenters. The zero-order valence-corrected chi connectivity index (χ0v) is 17.8. The molecule has 4 rings (SSSR count). The van der Waals surface area contributed by atoms with E-state index in [0.717, 1.165) is 11.1 Å². The molecule has 0 radical (unpaired) electrons. The Labute approximate surface area is 185 Å². The maximum absolute atomic E-state index is 11.5. The van der Waals surface area contributed by atoms with Gasteiger partial charge in [0.05, 0.1) is 30.4 Å². The van der Waals surface area contributed by atoms with Crippen LogP contribution in [0.1, 0.15) is 12.5 Å². The van der Waals surface area contributed by atoms with Crippen molar-refractivity contribution in [3.63, 3.8) is 0 Å². The highest BCUT2D eigenvalue weighted by Gasteiger charge is 2.24. The predicted molar refractivity (Wildman–Crippen MR) is 118 cm³/mol. The molecule has 0 aliphatic carbocycles. The highest BCUT2D eigenvalue weighted by atomic mass is 16.5. The Kier molecular flexibility index (Phi) is 6.42. The van der Waals surface area contributed by atoms with Crippen LogP contribution in [0.3, 0.4) is 0 Å². The van der Waals surface area contributed by atoms with Crippen LogP contribution in [0.15, 0.2) is 42.7 Å². The van der Waals surface area contributed by atoms with Gasteiger partial charge in [-0.2, -0.15) is 5.26 Å². The van der Waals surface area contributed by atoms with Crippen molar-refractivity contribution in [2.45, 2.75) is 19.4 Å². The molecule has 0 unspecified atom stereocenters. The molecule has 164 valence electrons. The lowest BCUT2D eigenvalue weighted by Gasteiger charge is -2.31. The summed E-state index contributed by atoms with van der Waals surface area (Å²) < 4.78 is 11.7. The molecule has 3 heterocycles. The first kappa shape index (κ1) is 21.5. The number of hydrogen-bond acceptors (Lipinski definition) is 7. The fourth-order valence-electron chi connectivity index (χ4n) is 3.59. The van der Waals surface area contributed by atoms with Crippen LogP contribution < -0.4 is 10.5 Å². The topological polar surface area (TPSA) is 127 Å². The van der Waals surface area contributed by atoms with Gasteiger partial charge in [-0.05, 0) is 25.0 Å². The van der Waals surface area contributed by atoms with Gasteiger partial charge in [-0.3, -0.25) is 4.98 Å². The third kappa shape index (κ3) is 4.92. The number of carbonyl (C=O) groups excluding carboxylic acids is 1. The minimum Gasteiger partial charge on any atom is -0.473 e. The summed E-state index contributed by atoms with van der Waals surface area (Å²) in [7, 11) is 0. The smallest absolute Gasteiger partial charge is 0.314 e. The molecule has 2 aromatic heterocycles. The van der Waals surface area contributed by atoms with Gasteiger partial charge in [0, 0.05) is 30.4 Å². The van der Waals surface area contributed by atoms with Crippen LogP contribution in [0.25, 0.3) is 22.3 Å². The van der Waals surface area contributed by atoms with E-state index in [9.17, 15) is 4.79 Å². The molecule has 0 saturated carbocycles. The number of nitrogens with zero attached hydrogens (tertiary/aromatic N) is 5. The van der Waals surface area contributed by atoms with Crippen molar-refractivity contribution >= 4 is 17.1 Å². The molecule has 2 amide bonds. The first-order chi connectivity index (χ1) is 15.5. The van der Waals surface area contributed by atoms with Crippen molar-refractivity contribution in [3.05, 3.63) is 48.3 Å². The Morgan fingerprint density at radius 2 is 2.12 bits per heavy atom. The molecule has 9 nitrogen and oxygen atoms in total. The molecule has 1 fully saturated rings. The number of pyridine rings is 1. The number of carbonyl (C=O) groups is 1. The molecule has 1 aliphatic rings. The molecule has 32 heavy (non-hydrogen) atoms. The number of hydrogen-bond donors (Lipinski definition) is 1. The Morgan fingerprint density at radius 3 is 2.88 bits per heavy atom. The second-order valence-corrected chi connectivity index (χ2v) is 7.76. The van der Waals surface area contributed by atoms with Crippen molar-refractivity contribution in [2.24, 2.45) is 11.7 Å². The summed E-state index contributed by atoms with van der Waals surface area (Å²) in [6, 6.07) is 11.6. The van der Waals surface area contributed by atoms with Gasteiger partial charge in [0.25, 0.3) is 0 Å². The average Bonchev–Trinajstić information content (AvgIpc) is 2.83. The van der Waals surface area contributed by atoms with Crippen molar-refractivity contribution < 1.29 is 14.3 Å². The van der Waals surface area contributed by atoms with Crippen LogP contribution in [-0.2, 0) is 11.2 Å². The summed E-state index contributed by atoms with van der Waals surface area (Å²) in [6.45, 7) is 3.34. The summed E-state index contributed by atoms with van der Waals surface area (Å²) in [4.78, 5) is 26.5. The van der Waals surface area contributed by atoms with Gasteiger partial charge < -0.3 is 20.1 Å². The van der Waals surface area contributed by atoms with Gasteiger partial charge in [-0.25, -0.2) is 14.8 Å². The molecule has 1 aromatic carbocycles. The standard InChI is InChI=1S/C23H24N6O3/c1-15(12-24)10-16-2-4-17(5-3-16)19-11-20-21(27-7-6-26-20)22(28-19)32-14-18-13-29(23(25)30)8-9-31-18/h2-7,11,15,18H,8-10,13-14H2,1H3,(H2,25,30)/t15-,18+/m1/s1. The molecule has 1 saturated heterocycles. The number of benzene rings is 1. The zero-order valence-electron chi connectivity index (χ0n) is 17.8. The number of primary amides is 1. The van der Waals surface area contributed by atoms with Crippen molar-refractivity contribution in [2.75, 3.05) is 26.3 Å². The molecule has 0 bridgehead atoms. The second-order valence-electron chi connectivity index (χ2n) is 7.76. The number of morpholine rings is 1. The van der Waals surface area contributed by atoms with Crippen molar-refractivity contribution in [1.82, 2.24) is 19.9 Å². The fraction of sp³-hybridized carbons (Fsp3) is 0.348. The summed E-state index contributed by atoms with van der Waals surface area (Å²) in [5.74, 6) is 0.315. The largest absolute Gasteiger partial charge is 0.473 e. The lowest BCUT2D eigenvalue weighted by Crippen LogP contribution is -2.49. The molecular weight excluding hydrogens is 408 g/mol. The van der Waals surface area contributed by atoms with E-state index in [1.807, 2.05) is 37.3 Å². The first-order valence-corrected chi connectivity index (χ1v) is 10.4. The quantitative estimate of drug-likeness (QED) is 0.634. The van der Waals surface area contributed by atoms with Gasteiger partial charge in [0.2, 0.25) is 5.88 Å². The van der Waals surface area contributed by atoms with Gasteiger partial charge in [0.1, 0.15) is 12.7 Å². The van der Waals surface area contributed by atoms with Gasteiger partial charge in [0.15, 0.2) is 5.52 Å². The van der Waals surface area contributed by atoms with E-state index >= 15 is 0 Å². The predicted octanol–water partition coefficient (Wildman–Crippen LogP) is 2.55. The molecule has 3 aromatic rings. The van der Waals surface area contributed by atoms with Gasteiger partial charge >= 0.3 is 6.03 Å². The maximum atomic E-state index is 11.5. The van der Waals surface area contributed by atoms with Crippen LogP contribution in [0.4, 0.5) is 4.79 Å². The van der Waals surface area contributed by atoms with Crippen LogP contribution >= 0.6 is 0 Å². The molecular formula is C23H24N6O3. The summed E-state index contributed by atoms with van der Waals surface area (Å²) in [6.07, 6.45) is 3.60. The Balaban J connectivity index is 1.56.